The lowest BCUT2D eigenvalue weighted by molar-refractivity contribution is 0.0957. The van der Waals surface area contributed by atoms with Gasteiger partial charge in [-0.15, -0.1) is 0 Å². The smallest absolute Gasteiger partial charge is 0.324 e. The number of urea groups is 1. The number of nitrogens with zero attached hydrogens (tertiary/aromatic N) is 3. The van der Waals surface area contributed by atoms with E-state index in [0.717, 1.165) is 11.8 Å². The van der Waals surface area contributed by atoms with E-state index < -0.39 is 11.8 Å². The summed E-state index contributed by atoms with van der Waals surface area (Å²) in [7, 11) is 1.49. The number of aromatic nitrogens is 3. The molecule has 11 heteroatoms. The molecular weight excluding hydrogens is 511 g/mol. The molecule has 3 amide bonds. The summed E-state index contributed by atoms with van der Waals surface area (Å²) in [6.07, 6.45) is 1.41. The molecule has 0 bridgehead atoms. The highest BCUT2D eigenvalue weighted by molar-refractivity contribution is 6.30. The molecular formula is C27H26ClFN6O3. The number of halogens is 2. The summed E-state index contributed by atoms with van der Waals surface area (Å²) >= 11 is 6.02. The highest BCUT2D eigenvalue weighted by atomic mass is 35.5. The Bertz CT molecular complexity index is 1480. The van der Waals surface area contributed by atoms with Gasteiger partial charge in [0.25, 0.3) is 5.91 Å². The van der Waals surface area contributed by atoms with Crippen LogP contribution in [0.5, 0.6) is 11.5 Å². The van der Waals surface area contributed by atoms with Crippen molar-refractivity contribution in [3.05, 3.63) is 89.1 Å². The van der Waals surface area contributed by atoms with E-state index in [2.05, 4.69) is 26.0 Å². The zero-order chi connectivity index (χ0) is 27.4. The maximum absolute atomic E-state index is 14.8. The van der Waals surface area contributed by atoms with Crippen LogP contribution in [0.3, 0.4) is 0 Å². The molecule has 2 aromatic carbocycles. The predicted octanol–water partition coefficient (Wildman–Crippen LogP) is 6.15. The summed E-state index contributed by atoms with van der Waals surface area (Å²) in [5.74, 6) is -0.196. The van der Waals surface area contributed by atoms with Gasteiger partial charge in [-0.25, -0.2) is 13.9 Å². The Kier molecular flexibility index (Phi) is 7.63. The maximum Gasteiger partial charge on any atom is 0.324 e. The van der Waals surface area contributed by atoms with Crippen molar-refractivity contribution in [2.75, 3.05) is 17.7 Å². The first kappa shape index (κ1) is 26.6. The monoisotopic (exact) mass is 536 g/mol. The fourth-order valence-corrected chi connectivity index (χ4v) is 3.54. The Balaban J connectivity index is 1.50. The topological polar surface area (TPSA) is 110 Å². The van der Waals surface area contributed by atoms with Gasteiger partial charge in [0.2, 0.25) is 0 Å². The number of hydrogen-bond acceptors (Lipinski definition) is 5. The first-order valence-corrected chi connectivity index (χ1v) is 12.0. The Labute approximate surface area is 224 Å². The molecule has 0 aliphatic heterocycles. The molecule has 0 saturated heterocycles. The normalized spacial score (nSPS) is 11.1. The Hall–Kier alpha value is -4.44. The average Bonchev–Trinajstić information content (AvgIpc) is 3.30. The fourth-order valence-electron chi connectivity index (χ4n) is 3.41. The van der Waals surface area contributed by atoms with E-state index in [-0.39, 0.29) is 28.5 Å². The number of benzene rings is 2. The largest absolute Gasteiger partial charge is 0.457 e. The number of amides is 3. The second-order valence-electron chi connectivity index (χ2n) is 9.33. The van der Waals surface area contributed by atoms with Gasteiger partial charge in [0, 0.05) is 41.9 Å². The van der Waals surface area contributed by atoms with Crippen LogP contribution in [0.25, 0.3) is 5.69 Å². The molecule has 3 N–H and O–H groups in total. The van der Waals surface area contributed by atoms with E-state index >= 15 is 0 Å². The van der Waals surface area contributed by atoms with Crippen molar-refractivity contribution < 1.29 is 18.7 Å². The van der Waals surface area contributed by atoms with Crippen molar-refractivity contribution in [3.63, 3.8) is 0 Å². The van der Waals surface area contributed by atoms with Gasteiger partial charge < -0.3 is 15.4 Å². The molecule has 0 atom stereocenters. The molecule has 4 rings (SSSR count). The molecule has 9 nitrogen and oxygen atoms in total. The highest BCUT2D eigenvalue weighted by Crippen LogP contribution is 2.28. The van der Waals surface area contributed by atoms with Crippen LogP contribution < -0.4 is 20.7 Å². The minimum atomic E-state index is -0.708. The van der Waals surface area contributed by atoms with Gasteiger partial charge in [-0.05, 0) is 42.5 Å². The summed E-state index contributed by atoms with van der Waals surface area (Å²) in [4.78, 5) is 28.5. The summed E-state index contributed by atoms with van der Waals surface area (Å²) in [6, 6.07) is 15.1. The van der Waals surface area contributed by atoms with Crippen LogP contribution in [0.15, 0.2) is 66.9 Å². The van der Waals surface area contributed by atoms with Gasteiger partial charge in [-0.1, -0.05) is 32.4 Å². The Morgan fingerprint density at radius 3 is 2.34 bits per heavy atom. The van der Waals surface area contributed by atoms with E-state index in [1.54, 1.807) is 41.1 Å². The third kappa shape index (κ3) is 6.27. The van der Waals surface area contributed by atoms with E-state index in [9.17, 15) is 14.0 Å². The predicted molar refractivity (Wildman–Crippen MR) is 144 cm³/mol. The van der Waals surface area contributed by atoms with E-state index in [0.29, 0.717) is 22.3 Å². The van der Waals surface area contributed by atoms with Crippen LogP contribution in [-0.2, 0) is 5.41 Å². The van der Waals surface area contributed by atoms with Crippen molar-refractivity contribution in [2.45, 2.75) is 26.2 Å². The molecule has 0 radical (unpaired) electrons. The van der Waals surface area contributed by atoms with E-state index in [1.165, 1.54) is 31.4 Å². The van der Waals surface area contributed by atoms with Gasteiger partial charge >= 0.3 is 6.03 Å². The first-order chi connectivity index (χ1) is 18.0. The molecule has 0 saturated carbocycles. The number of rotatable bonds is 6. The van der Waals surface area contributed by atoms with Crippen LogP contribution in [-0.4, -0.2) is 33.8 Å². The van der Waals surface area contributed by atoms with E-state index in [1.807, 2.05) is 20.8 Å². The molecule has 0 aliphatic rings. The fraction of sp³-hybridized carbons (Fsp3) is 0.185. The number of pyridine rings is 1. The Morgan fingerprint density at radius 1 is 0.974 bits per heavy atom. The van der Waals surface area contributed by atoms with Gasteiger partial charge in [0.05, 0.1) is 17.1 Å². The number of ether oxygens (including phenoxy) is 1. The second-order valence-corrected chi connectivity index (χ2v) is 9.77. The van der Waals surface area contributed by atoms with Crippen molar-refractivity contribution in [3.8, 4) is 17.2 Å². The Morgan fingerprint density at radius 2 is 1.68 bits per heavy atom. The average molecular weight is 537 g/mol. The summed E-state index contributed by atoms with van der Waals surface area (Å²) in [5.41, 5.74) is 1.29. The second kappa shape index (κ2) is 10.9. The van der Waals surface area contributed by atoms with Gasteiger partial charge in [-0.2, -0.15) is 5.10 Å². The molecule has 0 unspecified atom stereocenters. The zero-order valence-corrected chi connectivity index (χ0v) is 21.9. The van der Waals surface area contributed by atoms with Gasteiger partial charge in [0.1, 0.15) is 28.8 Å². The number of hydrogen-bond donors (Lipinski definition) is 3. The molecule has 0 fully saturated rings. The van der Waals surface area contributed by atoms with Crippen LogP contribution in [0.2, 0.25) is 5.02 Å². The molecule has 196 valence electrons. The minimum absolute atomic E-state index is 0.0516. The number of carbonyl (C=O) groups excluding carboxylic acids is 2. The zero-order valence-electron chi connectivity index (χ0n) is 21.2. The minimum Gasteiger partial charge on any atom is -0.457 e. The number of anilines is 2. The maximum atomic E-state index is 14.8. The lowest BCUT2D eigenvalue weighted by atomic mass is 9.92. The lowest BCUT2D eigenvalue weighted by Gasteiger charge is -2.14. The third-order valence-corrected chi connectivity index (χ3v) is 5.66. The summed E-state index contributed by atoms with van der Waals surface area (Å²) < 4.78 is 22.1. The van der Waals surface area contributed by atoms with Crippen molar-refractivity contribution in [1.29, 1.82) is 0 Å². The van der Waals surface area contributed by atoms with E-state index in [4.69, 9.17) is 16.3 Å². The first-order valence-electron chi connectivity index (χ1n) is 11.6. The van der Waals surface area contributed by atoms with Gasteiger partial charge in [-0.3, -0.25) is 15.1 Å². The van der Waals surface area contributed by atoms with Crippen molar-refractivity contribution in [2.24, 2.45) is 0 Å². The van der Waals surface area contributed by atoms with Crippen LogP contribution in [0, 0.1) is 5.82 Å². The number of carbonyl (C=O) groups is 2. The van der Waals surface area contributed by atoms with Gasteiger partial charge in [0.15, 0.2) is 0 Å². The number of nitrogens with one attached hydrogen (secondary N) is 3. The molecule has 0 spiro atoms. The SMILES string of the molecule is CNC(=O)c1cc(Oc2ccc(NC(=O)Nc3cc(C(C)(C)C)nn3-c3ccc(Cl)cc3)c(F)c2)ccn1. The summed E-state index contributed by atoms with van der Waals surface area (Å²) in [5, 5.41) is 12.9. The third-order valence-electron chi connectivity index (χ3n) is 5.41. The molecule has 0 aliphatic carbocycles. The molecule has 2 aromatic heterocycles. The van der Waals surface area contributed by atoms with Crippen LogP contribution >= 0.6 is 11.6 Å². The molecule has 4 aromatic rings. The highest BCUT2D eigenvalue weighted by Gasteiger charge is 2.22. The lowest BCUT2D eigenvalue weighted by Crippen LogP contribution is -2.22. The van der Waals surface area contributed by atoms with Crippen LogP contribution in [0.1, 0.15) is 37.0 Å². The summed E-state index contributed by atoms with van der Waals surface area (Å²) in [6.45, 7) is 6.03. The molecule has 2 heterocycles. The molecule has 38 heavy (non-hydrogen) atoms. The quantitative estimate of drug-likeness (QED) is 0.273. The van der Waals surface area contributed by atoms with Crippen LogP contribution in [0.4, 0.5) is 20.7 Å². The van der Waals surface area contributed by atoms with Crippen molar-refractivity contribution >= 4 is 35.0 Å². The standard InChI is InChI=1S/C27H26ClFN6O3/c1-27(2,3)23-15-24(35(34-23)17-7-5-16(28)6-8-17)33-26(37)32-21-10-9-18(13-20(21)29)38-19-11-12-31-22(14-19)25(36)30-4/h5-15H,1-4H3,(H,30,36)(H2,32,33,37). The van der Waals surface area contributed by atoms with Crippen molar-refractivity contribution in [1.82, 2.24) is 20.1 Å².